The third-order valence-corrected chi connectivity index (χ3v) is 2.34. The van der Waals surface area contributed by atoms with Crippen LogP contribution in [0.3, 0.4) is 0 Å². The van der Waals surface area contributed by atoms with Crippen LogP contribution in [-0.4, -0.2) is 18.9 Å². The molecule has 0 heterocycles. The normalized spacial score (nSPS) is 10.1. The average Bonchev–Trinajstić information content (AvgIpc) is 2.24. The highest BCUT2D eigenvalue weighted by Gasteiger charge is 2.08. The highest BCUT2D eigenvalue weighted by molar-refractivity contribution is 5.84. The van der Waals surface area contributed by atoms with E-state index in [1.165, 1.54) is 19.2 Å². The Bertz CT molecular complexity index is 406. The van der Waals surface area contributed by atoms with Gasteiger partial charge in [0, 0.05) is 12.8 Å². The van der Waals surface area contributed by atoms with E-state index in [0.29, 0.717) is 5.56 Å². The molecule has 0 N–H and O–H groups in total. The quantitative estimate of drug-likeness (QED) is 0.738. The second-order valence-corrected chi connectivity index (χ2v) is 3.93. The number of carbonyl (C=O) groups excluding carboxylic acids is 2. The number of aryl methyl sites for hydroxylation is 1. The monoisotopic (exact) mass is 238 g/mol. The Morgan fingerprint density at radius 1 is 1.24 bits per heavy atom. The molecule has 0 aliphatic heterocycles. The van der Waals surface area contributed by atoms with Gasteiger partial charge in [0.05, 0.1) is 13.5 Å². The third kappa shape index (κ3) is 4.76. The summed E-state index contributed by atoms with van der Waals surface area (Å²) in [4.78, 5) is 22.4. The van der Waals surface area contributed by atoms with Crippen molar-refractivity contribution in [1.29, 1.82) is 0 Å². The van der Waals surface area contributed by atoms with Crippen LogP contribution in [0.1, 0.15) is 24.0 Å². The molecule has 0 aliphatic carbocycles. The fourth-order valence-corrected chi connectivity index (χ4v) is 1.57. The minimum Gasteiger partial charge on any atom is -0.469 e. The van der Waals surface area contributed by atoms with Gasteiger partial charge in [-0.15, -0.1) is 0 Å². The number of ether oxygens (including phenoxy) is 1. The summed E-state index contributed by atoms with van der Waals surface area (Å²) < 4.78 is 17.5. The first-order valence-corrected chi connectivity index (χ1v) is 5.36. The number of carbonyl (C=O) groups is 2. The Hall–Kier alpha value is -1.71. The van der Waals surface area contributed by atoms with Gasteiger partial charge in [-0.05, 0) is 30.2 Å². The summed E-state index contributed by atoms with van der Waals surface area (Å²) >= 11 is 0. The van der Waals surface area contributed by atoms with E-state index in [4.69, 9.17) is 0 Å². The van der Waals surface area contributed by atoms with Crippen LogP contribution < -0.4 is 0 Å². The molecule has 0 bridgehead atoms. The second-order valence-electron chi connectivity index (χ2n) is 3.93. The van der Waals surface area contributed by atoms with Crippen LogP contribution in [0.4, 0.5) is 4.39 Å². The second kappa shape index (κ2) is 6.13. The molecular formula is C13H15FO3. The van der Waals surface area contributed by atoms with Gasteiger partial charge in [-0.2, -0.15) is 0 Å². The molecule has 1 aromatic carbocycles. The Morgan fingerprint density at radius 3 is 2.53 bits per heavy atom. The van der Waals surface area contributed by atoms with Gasteiger partial charge in [-0.1, -0.05) is 6.07 Å². The van der Waals surface area contributed by atoms with Gasteiger partial charge >= 0.3 is 5.97 Å². The van der Waals surface area contributed by atoms with Crippen LogP contribution >= 0.6 is 0 Å². The Balaban J connectivity index is 2.53. The molecule has 0 aliphatic rings. The molecule has 0 aromatic heterocycles. The number of hydrogen-bond donors (Lipinski definition) is 0. The van der Waals surface area contributed by atoms with E-state index in [1.807, 2.05) is 0 Å². The Morgan fingerprint density at radius 2 is 1.94 bits per heavy atom. The molecule has 92 valence electrons. The van der Waals surface area contributed by atoms with Gasteiger partial charge in [-0.25, -0.2) is 4.39 Å². The first-order chi connectivity index (χ1) is 8.01. The summed E-state index contributed by atoms with van der Waals surface area (Å²) in [5.41, 5.74) is 1.41. The lowest BCUT2D eigenvalue weighted by molar-refractivity contribution is -0.141. The van der Waals surface area contributed by atoms with Crippen LogP contribution in [0.15, 0.2) is 18.2 Å². The smallest absolute Gasteiger partial charge is 0.305 e. The third-order valence-electron chi connectivity index (χ3n) is 2.34. The molecule has 1 rings (SSSR count). The van der Waals surface area contributed by atoms with E-state index in [2.05, 4.69) is 4.74 Å². The van der Waals surface area contributed by atoms with Crippen molar-refractivity contribution in [3.05, 3.63) is 35.1 Å². The molecule has 17 heavy (non-hydrogen) atoms. The van der Waals surface area contributed by atoms with Crippen molar-refractivity contribution in [2.45, 2.75) is 26.2 Å². The molecule has 0 atom stereocenters. The topological polar surface area (TPSA) is 43.4 Å². The summed E-state index contributed by atoms with van der Waals surface area (Å²) in [5.74, 6) is -0.852. The lowest BCUT2D eigenvalue weighted by atomic mass is 10.0. The number of Topliss-reactive ketones (excluding diaryl/α,β-unsaturated/α-hetero) is 1. The number of esters is 1. The lowest BCUT2D eigenvalue weighted by Gasteiger charge is -2.03. The predicted octanol–water partition coefficient (Wildman–Crippen LogP) is 2.20. The lowest BCUT2D eigenvalue weighted by Crippen LogP contribution is -2.08. The molecule has 1 aromatic rings. The molecule has 3 nitrogen and oxygen atoms in total. The van der Waals surface area contributed by atoms with Crippen molar-refractivity contribution in [3.63, 3.8) is 0 Å². The number of rotatable bonds is 5. The van der Waals surface area contributed by atoms with Gasteiger partial charge in [0.1, 0.15) is 11.6 Å². The molecular weight excluding hydrogens is 223 g/mol. The van der Waals surface area contributed by atoms with Crippen LogP contribution in [0, 0.1) is 12.7 Å². The SMILES string of the molecule is COC(=O)CCC(=O)Cc1cc(C)cc(F)c1. The van der Waals surface area contributed by atoms with Crippen molar-refractivity contribution in [3.8, 4) is 0 Å². The van der Waals surface area contributed by atoms with Gasteiger partial charge in [0.15, 0.2) is 0 Å². The summed E-state index contributed by atoms with van der Waals surface area (Å²) in [5, 5.41) is 0. The maximum atomic E-state index is 13.1. The van der Waals surface area contributed by atoms with Gasteiger partial charge in [0.2, 0.25) is 0 Å². The molecule has 4 heteroatoms. The average molecular weight is 238 g/mol. The maximum absolute atomic E-state index is 13.1. The summed E-state index contributed by atoms with van der Waals surface area (Å²) in [6, 6.07) is 4.50. The molecule has 0 amide bonds. The fraction of sp³-hybridized carbons (Fsp3) is 0.385. The van der Waals surface area contributed by atoms with Crippen molar-refractivity contribution in [1.82, 2.24) is 0 Å². The summed E-state index contributed by atoms with van der Waals surface area (Å²) in [7, 11) is 1.28. The molecule has 0 fully saturated rings. The molecule has 0 saturated carbocycles. The molecule has 0 saturated heterocycles. The first kappa shape index (κ1) is 13.4. The van der Waals surface area contributed by atoms with Gasteiger partial charge < -0.3 is 4.74 Å². The van der Waals surface area contributed by atoms with Crippen molar-refractivity contribution >= 4 is 11.8 Å². The highest BCUT2D eigenvalue weighted by atomic mass is 19.1. The number of hydrogen-bond acceptors (Lipinski definition) is 3. The Kier molecular flexibility index (Phi) is 4.82. The van der Waals surface area contributed by atoms with Crippen LogP contribution in [-0.2, 0) is 20.7 Å². The molecule has 0 radical (unpaired) electrons. The van der Waals surface area contributed by atoms with Crippen LogP contribution in [0.5, 0.6) is 0 Å². The zero-order chi connectivity index (χ0) is 12.8. The minimum atomic E-state index is -0.409. The molecule has 0 spiro atoms. The molecule has 0 unspecified atom stereocenters. The van der Waals surface area contributed by atoms with E-state index in [9.17, 15) is 14.0 Å². The summed E-state index contributed by atoms with van der Waals surface area (Å²) in [6.07, 6.45) is 0.349. The predicted molar refractivity (Wildman–Crippen MR) is 61.1 cm³/mol. The fourth-order valence-electron chi connectivity index (χ4n) is 1.57. The number of halogens is 1. The first-order valence-electron chi connectivity index (χ1n) is 5.36. The van der Waals surface area contributed by atoms with Crippen molar-refractivity contribution < 1.29 is 18.7 Å². The van der Waals surface area contributed by atoms with E-state index in [0.717, 1.165) is 5.56 Å². The van der Waals surface area contributed by atoms with E-state index in [-0.39, 0.29) is 30.9 Å². The number of methoxy groups -OCH3 is 1. The maximum Gasteiger partial charge on any atom is 0.305 e. The largest absolute Gasteiger partial charge is 0.469 e. The zero-order valence-electron chi connectivity index (χ0n) is 9.96. The minimum absolute atomic E-state index is 0.0730. The van der Waals surface area contributed by atoms with Crippen molar-refractivity contribution in [2.24, 2.45) is 0 Å². The van der Waals surface area contributed by atoms with Crippen LogP contribution in [0.2, 0.25) is 0 Å². The summed E-state index contributed by atoms with van der Waals surface area (Å²) in [6.45, 7) is 1.77. The van der Waals surface area contributed by atoms with E-state index >= 15 is 0 Å². The number of ketones is 1. The van der Waals surface area contributed by atoms with Crippen molar-refractivity contribution in [2.75, 3.05) is 7.11 Å². The Labute approximate surface area is 99.6 Å². The van der Waals surface area contributed by atoms with Crippen LogP contribution in [0.25, 0.3) is 0 Å². The van der Waals surface area contributed by atoms with Gasteiger partial charge in [0.25, 0.3) is 0 Å². The standard InChI is InChI=1S/C13H15FO3/c1-9-5-10(7-11(14)6-9)8-12(15)3-4-13(16)17-2/h5-7H,3-4,8H2,1-2H3. The van der Waals surface area contributed by atoms with E-state index < -0.39 is 5.97 Å². The van der Waals surface area contributed by atoms with E-state index in [1.54, 1.807) is 13.0 Å². The highest BCUT2D eigenvalue weighted by Crippen LogP contribution is 2.10. The van der Waals surface area contributed by atoms with Gasteiger partial charge in [-0.3, -0.25) is 9.59 Å². The number of benzene rings is 1. The zero-order valence-corrected chi connectivity index (χ0v) is 9.96.